The molecule has 0 aliphatic heterocycles. The number of unbranched alkanes of at least 4 members (excludes halogenated alkanes) is 10. The van der Waals surface area contributed by atoms with Crippen LogP contribution in [0.4, 0.5) is 0 Å². The van der Waals surface area contributed by atoms with Crippen molar-refractivity contribution in [2.45, 2.75) is 90.9 Å². The maximum atomic E-state index is 9.09. The second-order valence-electron chi connectivity index (χ2n) is 8.69. The van der Waals surface area contributed by atoms with Crippen molar-refractivity contribution in [2.24, 2.45) is 5.41 Å². The summed E-state index contributed by atoms with van der Waals surface area (Å²) >= 11 is 0. The maximum absolute atomic E-state index is 9.09. The number of aliphatic hydroxyl groups is 2. The van der Waals surface area contributed by atoms with Crippen LogP contribution in [0, 0.1) is 5.41 Å². The summed E-state index contributed by atoms with van der Waals surface area (Å²) in [6, 6.07) is 0. The molecule has 0 aromatic heterocycles. The summed E-state index contributed by atoms with van der Waals surface area (Å²) in [4.78, 5) is 0. The molecule has 6 nitrogen and oxygen atoms in total. The van der Waals surface area contributed by atoms with E-state index in [-0.39, 0.29) is 26.4 Å². The molecular formula is C25H52O6. The second-order valence-corrected chi connectivity index (χ2v) is 8.69. The summed E-state index contributed by atoms with van der Waals surface area (Å²) in [5.74, 6) is 0. The molecular weight excluding hydrogens is 396 g/mol. The van der Waals surface area contributed by atoms with Crippen LogP contribution in [0.15, 0.2) is 0 Å². The van der Waals surface area contributed by atoms with E-state index in [1.54, 1.807) is 0 Å². The Kier molecular flexibility index (Phi) is 24.2. The maximum Gasteiger partial charge on any atom is 0.0698 e. The second kappa shape index (κ2) is 24.4. The van der Waals surface area contributed by atoms with E-state index in [0.717, 1.165) is 26.1 Å². The molecule has 0 aliphatic rings. The molecule has 0 rings (SSSR count). The van der Waals surface area contributed by atoms with Gasteiger partial charge in [0.2, 0.25) is 0 Å². The Morgan fingerprint density at radius 2 is 0.774 bits per heavy atom. The summed E-state index contributed by atoms with van der Waals surface area (Å²) in [5.41, 5.74) is -0.422. The highest BCUT2D eigenvalue weighted by molar-refractivity contribution is 4.79. The monoisotopic (exact) mass is 448 g/mol. The number of ether oxygens (including phenoxy) is 4. The van der Waals surface area contributed by atoms with Crippen LogP contribution in [0.25, 0.3) is 0 Å². The van der Waals surface area contributed by atoms with Crippen LogP contribution in [0.2, 0.25) is 0 Å². The Labute approximate surface area is 192 Å². The van der Waals surface area contributed by atoms with Gasteiger partial charge in [0.1, 0.15) is 0 Å². The van der Waals surface area contributed by atoms with Gasteiger partial charge in [-0.1, -0.05) is 78.1 Å². The van der Waals surface area contributed by atoms with Crippen molar-refractivity contribution in [3.8, 4) is 0 Å². The third-order valence-electron chi connectivity index (χ3n) is 5.39. The van der Waals surface area contributed by atoms with E-state index in [1.807, 2.05) is 0 Å². The average molecular weight is 449 g/mol. The van der Waals surface area contributed by atoms with E-state index in [4.69, 9.17) is 29.2 Å². The highest BCUT2D eigenvalue weighted by atomic mass is 16.5. The van der Waals surface area contributed by atoms with Crippen LogP contribution in [-0.2, 0) is 18.9 Å². The van der Waals surface area contributed by atoms with Gasteiger partial charge in [0, 0.05) is 13.2 Å². The summed E-state index contributed by atoms with van der Waals surface area (Å²) in [6.07, 6.45) is 14.8. The SMILES string of the molecule is CCCCCCCCOCC(COCCO)(COCCO)COCCCCCCCC. The molecule has 0 heterocycles. The molecule has 0 fully saturated rings. The van der Waals surface area contributed by atoms with Crippen LogP contribution in [0.3, 0.4) is 0 Å². The van der Waals surface area contributed by atoms with E-state index in [1.165, 1.54) is 64.2 Å². The fourth-order valence-electron chi connectivity index (χ4n) is 3.50. The molecule has 0 saturated carbocycles. The van der Waals surface area contributed by atoms with E-state index in [9.17, 15) is 0 Å². The fourth-order valence-corrected chi connectivity index (χ4v) is 3.50. The van der Waals surface area contributed by atoms with Gasteiger partial charge in [-0.2, -0.15) is 0 Å². The molecule has 0 amide bonds. The minimum absolute atomic E-state index is 0.00912. The standard InChI is InChI=1S/C25H52O6/c1-3-5-7-9-11-13-17-28-21-25(23-30-19-15-26,24-31-20-16-27)22-29-18-14-12-10-8-6-4-2/h26-27H,3-24H2,1-2H3. The van der Waals surface area contributed by atoms with E-state index in [2.05, 4.69) is 13.8 Å². The molecule has 0 radical (unpaired) electrons. The lowest BCUT2D eigenvalue weighted by atomic mass is 9.92. The van der Waals surface area contributed by atoms with Crippen LogP contribution in [0.5, 0.6) is 0 Å². The highest BCUT2D eigenvalue weighted by Crippen LogP contribution is 2.21. The molecule has 0 atom stereocenters. The first-order chi connectivity index (χ1) is 15.2. The van der Waals surface area contributed by atoms with Gasteiger partial charge in [0.25, 0.3) is 0 Å². The fraction of sp³-hybridized carbons (Fsp3) is 1.00. The van der Waals surface area contributed by atoms with Crippen LogP contribution >= 0.6 is 0 Å². The van der Waals surface area contributed by atoms with Gasteiger partial charge in [0.15, 0.2) is 0 Å². The molecule has 0 aromatic carbocycles. The molecule has 2 N–H and O–H groups in total. The van der Waals surface area contributed by atoms with Crippen LogP contribution in [-0.4, -0.2) is 76.3 Å². The lowest BCUT2D eigenvalue weighted by Gasteiger charge is -2.33. The molecule has 0 spiro atoms. The third kappa shape index (κ3) is 20.1. The first-order valence-corrected chi connectivity index (χ1v) is 12.8. The van der Waals surface area contributed by atoms with Crippen LogP contribution in [0.1, 0.15) is 90.9 Å². The van der Waals surface area contributed by atoms with Gasteiger partial charge in [-0.15, -0.1) is 0 Å². The number of aliphatic hydroxyl groups excluding tert-OH is 2. The highest BCUT2D eigenvalue weighted by Gasteiger charge is 2.32. The molecule has 0 aliphatic carbocycles. The Balaban J connectivity index is 4.44. The predicted molar refractivity (Wildman–Crippen MR) is 127 cm³/mol. The molecule has 0 unspecified atom stereocenters. The van der Waals surface area contributed by atoms with Crippen molar-refractivity contribution in [3.63, 3.8) is 0 Å². The van der Waals surface area contributed by atoms with Crippen molar-refractivity contribution in [1.29, 1.82) is 0 Å². The Hall–Kier alpha value is -0.240. The molecule has 6 heteroatoms. The van der Waals surface area contributed by atoms with E-state index >= 15 is 0 Å². The van der Waals surface area contributed by atoms with E-state index in [0.29, 0.717) is 26.4 Å². The first kappa shape index (κ1) is 30.8. The summed E-state index contributed by atoms with van der Waals surface area (Å²) < 4.78 is 23.4. The Morgan fingerprint density at radius 1 is 0.452 bits per heavy atom. The molecule has 0 bridgehead atoms. The van der Waals surface area contributed by atoms with E-state index < -0.39 is 5.41 Å². The Bertz CT molecular complexity index is 308. The zero-order valence-electron chi connectivity index (χ0n) is 20.6. The van der Waals surface area contributed by atoms with Gasteiger partial charge in [-0.05, 0) is 12.8 Å². The van der Waals surface area contributed by atoms with Crippen molar-refractivity contribution >= 4 is 0 Å². The normalized spacial score (nSPS) is 12.0. The third-order valence-corrected chi connectivity index (χ3v) is 5.39. The van der Waals surface area contributed by atoms with Gasteiger partial charge in [0.05, 0.1) is 58.3 Å². The number of rotatable bonds is 26. The summed E-state index contributed by atoms with van der Waals surface area (Å²) in [7, 11) is 0. The lowest BCUT2D eigenvalue weighted by molar-refractivity contribution is -0.112. The summed E-state index contributed by atoms with van der Waals surface area (Å²) in [6.45, 7) is 8.28. The number of hydrogen-bond acceptors (Lipinski definition) is 6. The van der Waals surface area contributed by atoms with Gasteiger partial charge in [-0.3, -0.25) is 0 Å². The summed E-state index contributed by atoms with van der Waals surface area (Å²) in [5, 5.41) is 18.2. The molecule has 0 saturated heterocycles. The molecule has 0 aromatic rings. The Morgan fingerprint density at radius 3 is 1.13 bits per heavy atom. The van der Waals surface area contributed by atoms with Gasteiger partial charge in [-0.25, -0.2) is 0 Å². The first-order valence-electron chi connectivity index (χ1n) is 12.8. The zero-order valence-corrected chi connectivity index (χ0v) is 20.6. The largest absolute Gasteiger partial charge is 0.394 e. The van der Waals surface area contributed by atoms with Crippen molar-refractivity contribution < 1.29 is 29.2 Å². The van der Waals surface area contributed by atoms with Crippen molar-refractivity contribution in [1.82, 2.24) is 0 Å². The quantitative estimate of drug-likeness (QED) is 0.186. The molecule has 31 heavy (non-hydrogen) atoms. The van der Waals surface area contributed by atoms with Crippen molar-refractivity contribution in [3.05, 3.63) is 0 Å². The smallest absolute Gasteiger partial charge is 0.0698 e. The van der Waals surface area contributed by atoms with Crippen molar-refractivity contribution in [2.75, 3.05) is 66.1 Å². The molecule has 188 valence electrons. The van der Waals surface area contributed by atoms with Crippen LogP contribution < -0.4 is 0 Å². The van der Waals surface area contributed by atoms with Gasteiger partial charge < -0.3 is 29.2 Å². The predicted octanol–water partition coefficient (Wildman–Crippen LogP) is 4.74. The minimum atomic E-state index is -0.422. The average Bonchev–Trinajstić information content (AvgIpc) is 2.77. The van der Waals surface area contributed by atoms with Gasteiger partial charge >= 0.3 is 0 Å². The topological polar surface area (TPSA) is 77.4 Å². The minimum Gasteiger partial charge on any atom is -0.394 e. The number of hydrogen-bond donors (Lipinski definition) is 2. The zero-order chi connectivity index (χ0) is 22.9. The lowest BCUT2D eigenvalue weighted by Crippen LogP contribution is -2.42.